The largest absolute Gasteiger partial charge is 0.478 e. The third-order valence-corrected chi connectivity index (χ3v) is 3.44. The first-order valence-electron chi connectivity index (χ1n) is 6.08. The molecule has 0 saturated carbocycles. The molecule has 0 saturated heterocycles. The molecule has 0 radical (unpaired) electrons. The summed E-state index contributed by atoms with van der Waals surface area (Å²) >= 11 is 3.37. The number of aromatic nitrogens is 2. The third-order valence-electron chi connectivity index (χ3n) is 2.70. The Labute approximate surface area is 124 Å². The summed E-state index contributed by atoms with van der Waals surface area (Å²) in [6.07, 6.45) is 0.658. The number of nitrogens with zero attached hydrogens (tertiary/aromatic N) is 2. The molecule has 20 heavy (non-hydrogen) atoms. The predicted octanol–water partition coefficient (Wildman–Crippen LogP) is 2.17. The lowest BCUT2D eigenvalue weighted by atomic mass is 10.1. The first-order chi connectivity index (χ1) is 9.56. The van der Waals surface area contributed by atoms with Crippen LogP contribution < -0.4 is 5.32 Å². The summed E-state index contributed by atoms with van der Waals surface area (Å²) < 4.78 is 5.78. The maximum absolute atomic E-state index is 10.8. The topological polar surface area (TPSA) is 88.2 Å². The van der Waals surface area contributed by atoms with Crippen molar-refractivity contribution >= 4 is 21.9 Å². The van der Waals surface area contributed by atoms with Crippen molar-refractivity contribution in [3.63, 3.8) is 0 Å². The summed E-state index contributed by atoms with van der Waals surface area (Å²) in [5.41, 5.74) is 1.26. The van der Waals surface area contributed by atoms with Crippen LogP contribution in [-0.4, -0.2) is 27.8 Å². The lowest BCUT2D eigenvalue weighted by Gasteiger charge is -2.06. The van der Waals surface area contributed by atoms with E-state index in [9.17, 15) is 4.79 Å². The summed E-state index contributed by atoms with van der Waals surface area (Å²) in [4.78, 5) is 14.9. The van der Waals surface area contributed by atoms with Crippen molar-refractivity contribution in [3.05, 3.63) is 45.5 Å². The van der Waals surface area contributed by atoms with Gasteiger partial charge in [-0.25, -0.2) is 4.79 Å². The summed E-state index contributed by atoms with van der Waals surface area (Å²) in [5.74, 6) is 0.305. The molecule has 0 amide bonds. The van der Waals surface area contributed by atoms with Crippen LogP contribution in [0.1, 0.15) is 27.6 Å². The van der Waals surface area contributed by atoms with Gasteiger partial charge in [-0.1, -0.05) is 27.2 Å². The van der Waals surface area contributed by atoms with E-state index in [1.165, 1.54) is 0 Å². The molecule has 2 rings (SSSR count). The van der Waals surface area contributed by atoms with Crippen LogP contribution in [0.25, 0.3) is 0 Å². The molecule has 1 aromatic carbocycles. The van der Waals surface area contributed by atoms with Crippen molar-refractivity contribution in [1.82, 2.24) is 15.5 Å². The molecule has 6 nitrogen and oxygen atoms in total. The van der Waals surface area contributed by atoms with E-state index in [-0.39, 0.29) is 5.56 Å². The Morgan fingerprint density at radius 1 is 1.50 bits per heavy atom. The second kappa shape index (κ2) is 6.62. The van der Waals surface area contributed by atoms with E-state index in [0.717, 1.165) is 10.0 Å². The van der Waals surface area contributed by atoms with Gasteiger partial charge in [-0.05, 0) is 24.6 Å². The minimum atomic E-state index is -0.933. The molecule has 1 aromatic heterocycles. The molecule has 0 aliphatic carbocycles. The molecule has 7 heteroatoms. The zero-order chi connectivity index (χ0) is 14.5. The van der Waals surface area contributed by atoms with Gasteiger partial charge in [0, 0.05) is 24.0 Å². The Kier molecular flexibility index (Phi) is 4.86. The molecule has 0 bridgehead atoms. The number of benzene rings is 1. The Balaban J connectivity index is 1.83. The highest BCUT2D eigenvalue weighted by Crippen LogP contribution is 2.18. The molecule has 1 heterocycles. The van der Waals surface area contributed by atoms with Gasteiger partial charge in [0.05, 0.1) is 5.56 Å². The second-order valence-corrected chi connectivity index (χ2v) is 5.13. The lowest BCUT2D eigenvalue weighted by molar-refractivity contribution is 0.0697. The van der Waals surface area contributed by atoms with Gasteiger partial charge >= 0.3 is 5.97 Å². The molecule has 0 spiro atoms. The van der Waals surface area contributed by atoms with E-state index in [4.69, 9.17) is 9.63 Å². The number of rotatable bonds is 6. The number of aryl methyl sites for hydroxylation is 1. The van der Waals surface area contributed by atoms with E-state index >= 15 is 0 Å². The predicted molar refractivity (Wildman–Crippen MR) is 75.5 cm³/mol. The highest BCUT2D eigenvalue weighted by Gasteiger charge is 2.07. The van der Waals surface area contributed by atoms with Crippen LogP contribution in [-0.2, 0) is 13.0 Å². The minimum Gasteiger partial charge on any atom is -0.478 e. The Morgan fingerprint density at radius 2 is 2.30 bits per heavy atom. The number of carbonyl (C=O) groups is 1. The fourth-order valence-corrected chi connectivity index (χ4v) is 2.20. The summed E-state index contributed by atoms with van der Waals surface area (Å²) in [7, 11) is 0. The van der Waals surface area contributed by atoms with Crippen LogP contribution in [0.2, 0.25) is 0 Å². The van der Waals surface area contributed by atoms with Crippen LogP contribution in [0, 0.1) is 6.92 Å². The van der Waals surface area contributed by atoms with E-state index in [0.29, 0.717) is 31.2 Å². The van der Waals surface area contributed by atoms with Crippen molar-refractivity contribution < 1.29 is 14.4 Å². The standard InChI is InChI=1S/C13H14BrN3O3/c1-8-16-12(20-17-8)4-5-15-7-10-3-2-9(13(18)19)6-11(10)14/h2-3,6,15H,4-5,7H2,1H3,(H,18,19). The molecule has 0 aliphatic heterocycles. The second-order valence-electron chi connectivity index (χ2n) is 4.27. The summed E-state index contributed by atoms with van der Waals surface area (Å²) in [6, 6.07) is 4.98. The third kappa shape index (κ3) is 3.88. The van der Waals surface area contributed by atoms with Crippen molar-refractivity contribution in [1.29, 1.82) is 0 Å². The summed E-state index contributed by atoms with van der Waals surface area (Å²) in [6.45, 7) is 3.11. The van der Waals surface area contributed by atoms with Crippen molar-refractivity contribution in [2.24, 2.45) is 0 Å². The zero-order valence-electron chi connectivity index (χ0n) is 10.9. The normalized spacial score (nSPS) is 10.7. The highest BCUT2D eigenvalue weighted by molar-refractivity contribution is 9.10. The van der Waals surface area contributed by atoms with E-state index in [1.807, 2.05) is 0 Å². The van der Waals surface area contributed by atoms with Crippen LogP contribution in [0.15, 0.2) is 27.2 Å². The Hall–Kier alpha value is -1.73. The van der Waals surface area contributed by atoms with Crippen molar-refractivity contribution in [2.45, 2.75) is 19.9 Å². The van der Waals surface area contributed by atoms with Crippen molar-refractivity contribution in [2.75, 3.05) is 6.54 Å². The van der Waals surface area contributed by atoms with Crippen LogP contribution in [0.4, 0.5) is 0 Å². The zero-order valence-corrected chi connectivity index (χ0v) is 12.5. The first kappa shape index (κ1) is 14.7. The summed E-state index contributed by atoms with van der Waals surface area (Å²) in [5, 5.41) is 15.8. The molecule has 2 aromatic rings. The van der Waals surface area contributed by atoms with Crippen LogP contribution >= 0.6 is 15.9 Å². The van der Waals surface area contributed by atoms with Gasteiger partial charge in [-0.3, -0.25) is 0 Å². The van der Waals surface area contributed by atoms with E-state index in [2.05, 4.69) is 31.4 Å². The van der Waals surface area contributed by atoms with Crippen LogP contribution in [0.5, 0.6) is 0 Å². The molecule has 106 valence electrons. The van der Waals surface area contributed by atoms with Gasteiger partial charge in [-0.15, -0.1) is 0 Å². The van der Waals surface area contributed by atoms with Gasteiger partial charge in [-0.2, -0.15) is 4.98 Å². The molecular formula is C13H14BrN3O3. The Morgan fingerprint density at radius 3 is 2.90 bits per heavy atom. The smallest absolute Gasteiger partial charge is 0.335 e. The van der Waals surface area contributed by atoms with Crippen molar-refractivity contribution in [3.8, 4) is 0 Å². The molecular weight excluding hydrogens is 326 g/mol. The maximum atomic E-state index is 10.8. The lowest BCUT2D eigenvalue weighted by Crippen LogP contribution is -2.17. The number of hydrogen-bond acceptors (Lipinski definition) is 5. The van der Waals surface area contributed by atoms with Gasteiger partial charge in [0.2, 0.25) is 5.89 Å². The average Bonchev–Trinajstić information content (AvgIpc) is 2.81. The van der Waals surface area contributed by atoms with E-state index in [1.54, 1.807) is 25.1 Å². The number of aromatic carboxylic acids is 1. The molecule has 0 aliphatic rings. The van der Waals surface area contributed by atoms with Crippen LogP contribution in [0.3, 0.4) is 0 Å². The molecule has 0 fully saturated rings. The molecule has 0 atom stereocenters. The quantitative estimate of drug-likeness (QED) is 0.784. The highest BCUT2D eigenvalue weighted by atomic mass is 79.9. The van der Waals surface area contributed by atoms with E-state index < -0.39 is 5.97 Å². The SMILES string of the molecule is Cc1noc(CCNCc2ccc(C(=O)O)cc2Br)n1. The number of halogens is 1. The first-order valence-corrected chi connectivity index (χ1v) is 6.87. The minimum absolute atomic E-state index is 0.266. The average molecular weight is 340 g/mol. The fraction of sp³-hybridized carbons (Fsp3) is 0.308. The fourth-order valence-electron chi connectivity index (χ4n) is 1.68. The maximum Gasteiger partial charge on any atom is 0.335 e. The Bertz CT molecular complexity index is 613. The molecule has 2 N–H and O–H groups in total. The van der Waals surface area contributed by atoms with Gasteiger partial charge in [0.1, 0.15) is 0 Å². The number of nitrogens with one attached hydrogen (secondary N) is 1. The van der Waals surface area contributed by atoms with Gasteiger partial charge in [0.25, 0.3) is 0 Å². The van der Waals surface area contributed by atoms with Gasteiger partial charge in [0.15, 0.2) is 5.82 Å². The number of carboxylic acids is 1. The number of carboxylic acid groups (broad SMARTS) is 1. The molecule has 0 unspecified atom stereocenters. The monoisotopic (exact) mass is 339 g/mol. The van der Waals surface area contributed by atoms with Gasteiger partial charge < -0.3 is 14.9 Å². The number of hydrogen-bond donors (Lipinski definition) is 2.